The number of aromatic nitrogens is 1. The molecule has 2 amide bonds. The zero-order valence-corrected chi connectivity index (χ0v) is 19.9. The number of benzene rings is 1. The Morgan fingerprint density at radius 2 is 1.75 bits per heavy atom. The third kappa shape index (κ3) is 4.84. The molecule has 6 nitrogen and oxygen atoms in total. The van der Waals surface area contributed by atoms with Gasteiger partial charge in [0.05, 0.1) is 0 Å². The third-order valence-corrected chi connectivity index (χ3v) is 7.04. The van der Waals surface area contributed by atoms with Gasteiger partial charge in [0.2, 0.25) is 5.91 Å². The van der Waals surface area contributed by atoms with E-state index in [0.717, 1.165) is 56.8 Å². The molecule has 0 radical (unpaired) electrons. The number of carbonyl (C=O) groups excluding carboxylic acids is 2. The number of likely N-dealkylation sites (tertiary alicyclic amines) is 1. The second kappa shape index (κ2) is 9.39. The molecule has 2 saturated heterocycles. The average molecular weight is 437 g/mol. The number of hydrogen-bond donors (Lipinski definition) is 1. The van der Waals surface area contributed by atoms with Crippen molar-refractivity contribution in [3.63, 3.8) is 0 Å². The molecule has 2 aromatic rings. The molecule has 0 bridgehead atoms. The summed E-state index contributed by atoms with van der Waals surface area (Å²) in [6, 6.07) is 10.9. The molecule has 3 heterocycles. The molecule has 6 heteroatoms. The molecule has 1 N–H and O–H groups in total. The van der Waals surface area contributed by atoms with Crippen LogP contribution in [0, 0.1) is 26.7 Å². The number of piperidine rings is 1. The highest BCUT2D eigenvalue weighted by Gasteiger charge is 2.30. The lowest BCUT2D eigenvalue weighted by Gasteiger charge is -2.42. The van der Waals surface area contributed by atoms with E-state index >= 15 is 0 Å². The van der Waals surface area contributed by atoms with Gasteiger partial charge >= 0.3 is 0 Å². The smallest absolute Gasteiger partial charge is 0.270 e. The van der Waals surface area contributed by atoms with E-state index in [1.54, 1.807) is 0 Å². The predicted molar refractivity (Wildman–Crippen MR) is 128 cm³/mol. The highest BCUT2D eigenvalue weighted by atomic mass is 16.2. The van der Waals surface area contributed by atoms with Crippen LogP contribution in [0.5, 0.6) is 0 Å². The van der Waals surface area contributed by atoms with Crippen molar-refractivity contribution < 1.29 is 9.59 Å². The number of hydrogen-bond acceptors (Lipinski definition) is 3. The van der Waals surface area contributed by atoms with Crippen molar-refractivity contribution >= 4 is 17.5 Å². The Morgan fingerprint density at radius 3 is 2.38 bits per heavy atom. The number of anilines is 1. The van der Waals surface area contributed by atoms with Crippen LogP contribution in [0.15, 0.2) is 30.3 Å². The number of carbonyl (C=O) groups is 2. The van der Waals surface area contributed by atoms with E-state index in [9.17, 15) is 9.59 Å². The van der Waals surface area contributed by atoms with Crippen molar-refractivity contribution in [1.29, 1.82) is 0 Å². The van der Waals surface area contributed by atoms with Crippen molar-refractivity contribution in [3.8, 4) is 0 Å². The van der Waals surface area contributed by atoms with Gasteiger partial charge in [0.15, 0.2) is 0 Å². The maximum absolute atomic E-state index is 13.0. The Bertz CT molecular complexity index is 974. The van der Waals surface area contributed by atoms with Crippen LogP contribution >= 0.6 is 0 Å². The first-order valence-electron chi connectivity index (χ1n) is 11.9. The first-order chi connectivity index (χ1) is 15.3. The molecule has 2 aliphatic rings. The second-order valence-electron chi connectivity index (χ2n) is 9.67. The summed E-state index contributed by atoms with van der Waals surface area (Å²) in [6.45, 7) is 12.2. The summed E-state index contributed by atoms with van der Waals surface area (Å²) in [7, 11) is 0. The lowest BCUT2D eigenvalue weighted by Crippen LogP contribution is -2.54. The van der Waals surface area contributed by atoms with Crippen molar-refractivity contribution in [1.82, 2.24) is 14.8 Å². The fourth-order valence-corrected chi connectivity index (χ4v) is 5.20. The number of piperazine rings is 1. The van der Waals surface area contributed by atoms with Gasteiger partial charge in [0.25, 0.3) is 5.91 Å². The Kier molecular flexibility index (Phi) is 6.58. The van der Waals surface area contributed by atoms with Crippen molar-refractivity contribution in [2.75, 3.05) is 37.6 Å². The van der Waals surface area contributed by atoms with Crippen molar-refractivity contribution in [3.05, 3.63) is 52.8 Å². The maximum Gasteiger partial charge on any atom is 0.270 e. The summed E-state index contributed by atoms with van der Waals surface area (Å²) in [5.41, 5.74) is 5.23. The number of rotatable bonds is 4. The Morgan fingerprint density at radius 1 is 1.00 bits per heavy atom. The van der Waals surface area contributed by atoms with Gasteiger partial charge in [-0.05, 0) is 75.8 Å². The van der Waals surface area contributed by atoms with E-state index in [4.69, 9.17) is 0 Å². The Balaban J connectivity index is 1.26. The normalized spacial score (nSPS) is 20.0. The van der Waals surface area contributed by atoms with Crippen molar-refractivity contribution in [2.45, 2.75) is 53.0 Å². The van der Waals surface area contributed by atoms with Gasteiger partial charge < -0.3 is 19.7 Å². The molecule has 0 saturated carbocycles. The first-order valence-corrected chi connectivity index (χ1v) is 11.9. The van der Waals surface area contributed by atoms with Crippen LogP contribution in [0.4, 0.5) is 5.69 Å². The molecule has 1 aromatic heterocycles. The zero-order chi connectivity index (χ0) is 22.8. The van der Waals surface area contributed by atoms with Crippen LogP contribution in [-0.4, -0.2) is 65.4 Å². The molecule has 4 rings (SSSR count). The quantitative estimate of drug-likeness (QED) is 0.790. The summed E-state index contributed by atoms with van der Waals surface area (Å²) >= 11 is 0. The van der Waals surface area contributed by atoms with E-state index < -0.39 is 0 Å². The van der Waals surface area contributed by atoms with Crippen LogP contribution in [-0.2, 0) is 4.79 Å². The number of amides is 2. The van der Waals surface area contributed by atoms with E-state index in [0.29, 0.717) is 24.1 Å². The van der Waals surface area contributed by atoms with Crippen LogP contribution in [0.1, 0.15) is 53.5 Å². The highest BCUT2D eigenvalue weighted by Crippen LogP contribution is 2.26. The zero-order valence-electron chi connectivity index (χ0n) is 19.9. The summed E-state index contributed by atoms with van der Waals surface area (Å²) in [4.78, 5) is 35.4. The van der Waals surface area contributed by atoms with Crippen LogP contribution in [0.2, 0.25) is 0 Å². The van der Waals surface area contributed by atoms with E-state index in [1.807, 2.05) is 29.7 Å². The number of nitrogens with zero attached hydrogens (tertiary/aromatic N) is 3. The van der Waals surface area contributed by atoms with Crippen molar-refractivity contribution in [2.24, 2.45) is 5.92 Å². The van der Waals surface area contributed by atoms with Gasteiger partial charge in [0, 0.05) is 56.6 Å². The summed E-state index contributed by atoms with van der Waals surface area (Å²) in [5, 5.41) is 0. The van der Waals surface area contributed by atoms with Gasteiger partial charge in [-0.15, -0.1) is 0 Å². The minimum Gasteiger partial charge on any atom is -0.365 e. The van der Waals surface area contributed by atoms with Gasteiger partial charge in [-0.3, -0.25) is 9.59 Å². The van der Waals surface area contributed by atoms with Crippen LogP contribution in [0.3, 0.4) is 0 Å². The Labute approximate surface area is 191 Å². The molecular formula is C26H36N4O2. The minimum absolute atomic E-state index is 0.0847. The number of nitrogens with one attached hydrogen (secondary N) is 1. The molecule has 172 valence electrons. The van der Waals surface area contributed by atoms with Gasteiger partial charge in [-0.1, -0.05) is 12.1 Å². The topological polar surface area (TPSA) is 59.6 Å². The lowest BCUT2D eigenvalue weighted by molar-refractivity contribution is -0.133. The summed E-state index contributed by atoms with van der Waals surface area (Å²) in [5.74, 6) is 0.714. The summed E-state index contributed by atoms with van der Waals surface area (Å²) < 4.78 is 0. The number of H-pyrrole nitrogens is 1. The molecule has 2 aliphatic heterocycles. The van der Waals surface area contributed by atoms with E-state index in [1.165, 1.54) is 11.3 Å². The van der Waals surface area contributed by atoms with Gasteiger partial charge in [0.1, 0.15) is 5.69 Å². The first kappa shape index (κ1) is 22.4. The molecule has 1 atom stereocenters. The largest absolute Gasteiger partial charge is 0.365 e. The minimum atomic E-state index is 0.0847. The SMILES string of the molecule is Cc1cccc(N2CCN(C(=O)CC3CCN(C(=O)c4[nH]c(C)cc4C)CC3)CC2C)c1. The average Bonchev–Trinajstić information content (AvgIpc) is 3.11. The number of aryl methyl sites for hydroxylation is 3. The Hall–Kier alpha value is -2.76. The van der Waals surface area contributed by atoms with E-state index in [-0.39, 0.29) is 11.8 Å². The molecule has 1 aromatic carbocycles. The maximum atomic E-state index is 13.0. The highest BCUT2D eigenvalue weighted by molar-refractivity contribution is 5.94. The van der Waals surface area contributed by atoms with E-state index in [2.05, 4.69) is 48.0 Å². The standard InChI is InChI=1S/C26H36N4O2/c1-18-6-5-7-23(14-18)30-13-12-29(17-21(30)4)24(31)16-22-8-10-28(11-9-22)26(32)25-19(2)15-20(3)27-25/h5-7,14-15,21-22,27H,8-13,16-17H2,1-4H3. The van der Waals surface area contributed by atoms with Gasteiger partial charge in [-0.2, -0.15) is 0 Å². The number of aromatic amines is 1. The monoisotopic (exact) mass is 436 g/mol. The molecule has 0 aliphatic carbocycles. The van der Waals surface area contributed by atoms with Gasteiger partial charge in [-0.25, -0.2) is 0 Å². The fraction of sp³-hybridized carbons (Fsp3) is 0.538. The third-order valence-electron chi connectivity index (χ3n) is 7.04. The lowest BCUT2D eigenvalue weighted by atomic mass is 9.92. The van der Waals surface area contributed by atoms with Crippen LogP contribution < -0.4 is 4.90 Å². The molecule has 0 spiro atoms. The second-order valence-corrected chi connectivity index (χ2v) is 9.67. The molecule has 32 heavy (non-hydrogen) atoms. The molecule has 2 fully saturated rings. The summed E-state index contributed by atoms with van der Waals surface area (Å²) in [6.07, 6.45) is 2.39. The fourth-order valence-electron chi connectivity index (χ4n) is 5.20. The van der Waals surface area contributed by atoms with Crippen LogP contribution in [0.25, 0.3) is 0 Å². The predicted octanol–water partition coefficient (Wildman–Crippen LogP) is 3.92. The molecule has 1 unspecified atom stereocenters. The molecular weight excluding hydrogens is 400 g/mol.